The van der Waals surface area contributed by atoms with Gasteiger partial charge in [-0.05, 0) is 0 Å². The number of thioether (sulfide) groups is 1. The number of ether oxygens (including phenoxy) is 2. The fourth-order valence-corrected chi connectivity index (χ4v) is 3.40. The van der Waals surface area contributed by atoms with Crippen molar-refractivity contribution in [3.05, 3.63) is 0 Å². The minimum Gasteiger partial charge on any atom is -0.467 e. The molecule has 2 aliphatic heterocycles. The largest absolute Gasteiger partial charge is 0.467 e. The Morgan fingerprint density at radius 3 is 2.23 bits per heavy atom. The van der Waals surface area contributed by atoms with Crippen LogP contribution < -0.4 is 14.4 Å². The lowest BCUT2D eigenvalue weighted by Gasteiger charge is -2.41. The number of carbonyl (C=O) groups is 1. The molecule has 0 aliphatic carbocycles. The summed E-state index contributed by atoms with van der Waals surface area (Å²) in [5, 5.41) is 0. The zero-order valence-corrected chi connectivity index (χ0v) is 13.5. The Labute approximate surface area is 133 Å². The molecule has 0 aromatic carbocycles. The number of nitrogens with zero attached hydrogens (tertiary/aromatic N) is 5. The summed E-state index contributed by atoms with van der Waals surface area (Å²) in [6, 6.07) is 0.425. The molecule has 2 fully saturated rings. The summed E-state index contributed by atoms with van der Waals surface area (Å²) in [7, 11) is 2.99. The van der Waals surface area contributed by atoms with Gasteiger partial charge in [0.1, 0.15) is 0 Å². The summed E-state index contributed by atoms with van der Waals surface area (Å²) in [5.41, 5.74) is 0. The van der Waals surface area contributed by atoms with E-state index in [1.165, 1.54) is 14.2 Å². The quantitative estimate of drug-likeness (QED) is 0.759. The Morgan fingerprint density at radius 2 is 1.68 bits per heavy atom. The second-order valence-electron chi connectivity index (χ2n) is 5.15. The molecule has 0 saturated carbocycles. The van der Waals surface area contributed by atoms with Gasteiger partial charge in [0.25, 0.3) is 0 Å². The molecule has 3 rings (SSSR count). The molecule has 1 amide bonds. The Balaban J connectivity index is 1.61. The first-order chi connectivity index (χ1) is 10.7. The summed E-state index contributed by atoms with van der Waals surface area (Å²) in [4.78, 5) is 28.7. The number of amides is 1. The van der Waals surface area contributed by atoms with E-state index in [0.717, 1.165) is 24.6 Å². The molecule has 0 N–H and O–H groups in total. The fourth-order valence-electron chi connectivity index (χ4n) is 2.49. The highest BCUT2D eigenvalue weighted by atomic mass is 32.2. The number of anilines is 1. The standard InChI is InChI=1S/C13H19N5O3S/c1-20-12-14-11(15-13(16-12)21-2)18-7-9(8-18)10(19)17-3-5-22-6-4-17/h9H,3-8H2,1-2H3. The molecule has 9 heteroatoms. The summed E-state index contributed by atoms with van der Waals surface area (Å²) >= 11 is 1.90. The van der Waals surface area contributed by atoms with Crippen molar-refractivity contribution in [2.45, 2.75) is 0 Å². The molecule has 2 aliphatic rings. The highest BCUT2D eigenvalue weighted by Gasteiger charge is 2.37. The maximum absolute atomic E-state index is 12.4. The van der Waals surface area contributed by atoms with E-state index in [2.05, 4.69) is 15.0 Å². The SMILES string of the molecule is COc1nc(OC)nc(N2CC(C(=O)N3CCSCC3)C2)n1. The molecule has 8 nitrogen and oxygen atoms in total. The third-order valence-electron chi connectivity index (χ3n) is 3.78. The van der Waals surface area contributed by atoms with Gasteiger partial charge in [0.15, 0.2) is 0 Å². The molecule has 2 saturated heterocycles. The predicted octanol–water partition coefficient (Wildman–Crippen LogP) is -0.0996. The van der Waals surface area contributed by atoms with Crippen LogP contribution in [0.3, 0.4) is 0 Å². The minimum absolute atomic E-state index is 0.0249. The van der Waals surface area contributed by atoms with Crippen LogP contribution in [0.5, 0.6) is 12.0 Å². The van der Waals surface area contributed by atoms with Crippen molar-refractivity contribution in [1.29, 1.82) is 0 Å². The molecule has 0 unspecified atom stereocenters. The van der Waals surface area contributed by atoms with Crippen molar-refractivity contribution in [2.75, 3.05) is 56.8 Å². The van der Waals surface area contributed by atoms with Crippen LogP contribution in [0, 0.1) is 5.92 Å². The van der Waals surface area contributed by atoms with E-state index in [0.29, 0.717) is 19.0 Å². The summed E-state index contributed by atoms with van der Waals surface area (Å²) in [6.45, 7) is 2.96. The zero-order valence-electron chi connectivity index (χ0n) is 12.7. The van der Waals surface area contributed by atoms with Crippen LogP contribution in [0.2, 0.25) is 0 Å². The molecular weight excluding hydrogens is 306 g/mol. The van der Waals surface area contributed by atoms with E-state index in [-0.39, 0.29) is 23.8 Å². The Bertz CT molecular complexity index is 524. The van der Waals surface area contributed by atoms with Crippen molar-refractivity contribution >= 4 is 23.6 Å². The van der Waals surface area contributed by atoms with Gasteiger partial charge in [0.05, 0.1) is 20.1 Å². The van der Waals surface area contributed by atoms with Crippen molar-refractivity contribution < 1.29 is 14.3 Å². The van der Waals surface area contributed by atoms with Gasteiger partial charge in [0, 0.05) is 37.7 Å². The normalized spacial score (nSPS) is 18.8. The van der Waals surface area contributed by atoms with E-state index in [9.17, 15) is 4.79 Å². The third kappa shape index (κ3) is 3.03. The number of aromatic nitrogens is 3. The van der Waals surface area contributed by atoms with Crippen LogP contribution >= 0.6 is 11.8 Å². The van der Waals surface area contributed by atoms with E-state index in [4.69, 9.17) is 9.47 Å². The molecule has 0 radical (unpaired) electrons. The highest BCUT2D eigenvalue weighted by Crippen LogP contribution is 2.26. The maximum atomic E-state index is 12.4. The second kappa shape index (κ2) is 6.55. The van der Waals surface area contributed by atoms with Gasteiger partial charge in [0.2, 0.25) is 11.9 Å². The molecule has 22 heavy (non-hydrogen) atoms. The topological polar surface area (TPSA) is 80.7 Å². The highest BCUT2D eigenvalue weighted by molar-refractivity contribution is 7.99. The lowest BCUT2D eigenvalue weighted by atomic mass is 9.99. The molecule has 3 heterocycles. The van der Waals surface area contributed by atoms with Crippen molar-refractivity contribution in [1.82, 2.24) is 19.9 Å². The first-order valence-corrected chi connectivity index (χ1v) is 8.32. The minimum atomic E-state index is 0.0249. The lowest BCUT2D eigenvalue weighted by Crippen LogP contribution is -2.56. The second-order valence-corrected chi connectivity index (χ2v) is 6.37. The zero-order chi connectivity index (χ0) is 15.5. The van der Waals surface area contributed by atoms with Crippen LogP contribution in [0.4, 0.5) is 5.95 Å². The van der Waals surface area contributed by atoms with Crippen LogP contribution in [0.1, 0.15) is 0 Å². The number of rotatable bonds is 4. The third-order valence-corrected chi connectivity index (χ3v) is 4.73. The summed E-state index contributed by atoms with van der Waals surface area (Å²) in [5.74, 6) is 2.82. The van der Waals surface area contributed by atoms with E-state index in [1.807, 2.05) is 21.6 Å². The van der Waals surface area contributed by atoms with Crippen LogP contribution in [0.15, 0.2) is 0 Å². The molecule has 0 bridgehead atoms. The van der Waals surface area contributed by atoms with E-state index in [1.54, 1.807) is 0 Å². The van der Waals surface area contributed by atoms with E-state index >= 15 is 0 Å². The lowest BCUT2D eigenvalue weighted by molar-refractivity contribution is -0.135. The van der Waals surface area contributed by atoms with Crippen LogP contribution in [-0.4, -0.2) is 77.7 Å². The fraction of sp³-hybridized carbons (Fsp3) is 0.692. The van der Waals surface area contributed by atoms with Gasteiger partial charge in [-0.1, -0.05) is 0 Å². The summed E-state index contributed by atoms with van der Waals surface area (Å²) < 4.78 is 10.1. The average Bonchev–Trinajstić information content (AvgIpc) is 2.53. The monoisotopic (exact) mass is 325 g/mol. The van der Waals surface area contributed by atoms with Crippen molar-refractivity contribution in [3.63, 3.8) is 0 Å². The number of hydrogen-bond acceptors (Lipinski definition) is 8. The Hall–Kier alpha value is -1.77. The van der Waals surface area contributed by atoms with Gasteiger partial charge in [-0.3, -0.25) is 4.79 Å². The Kier molecular flexibility index (Phi) is 4.51. The predicted molar refractivity (Wildman–Crippen MR) is 82.5 cm³/mol. The number of carbonyl (C=O) groups excluding carboxylic acids is 1. The van der Waals surface area contributed by atoms with Crippen molar-refractivity contribution in [3.8, 4) is 12.0 Å². The number of hydrogen-bond donors (Lipinski definition) is 0. The number of methoxy groups -OCH3 is 2. The van der Waals surface area contributed by atoms with Crippen LogP contribution in [0.25, 0.3) is 0 Å². The van der Waals surface area contributed by atoms with Gasteiger partial charge < -0.3 is 19.3 Å². The molecule has 0 spiro atoms. The first kappa shape index (κ1) is 15.1. The smallest absolute Gasteiger partial charge is 0.324 e. The molecule has 120 valence electrons. The van der Waals surface area contributed by atoms with Gasteiger partial charge in [-0.25, -0.2) is 0 Å². The average molecular weight is 325 g/mol. The van der Waals surface area contributed by atoms with Gasteiger partial charge >= 0.3 is 12.0 Å². The maximum Gasteiger partial charge on any atom is 0.324 e. The molecule has 0 atom stereocenters. The molecule has 1 aromatic heterocycles. The van der Waals surface area contributed by atoms with Gasteiger partial charge in [-0.2, -0.15) is 21.7 Å². The summed E-state index contributed by atoms with van der Waals surface area (Å²) in [6.07, 6.45) is 0. The first-order valence-electron chi connectivity index (χ1n) is 7.17. The van der Waals surface area contributed by atoms with Gasteiger partial charge in [-0.15, -0.1) is 4.98 Å². The van der Waals surface area contributed by atoms with Crippen LogP contribution in [-0.2, 0) is 4.79 Å². The molecule has 1 aromatic rings. The van der Waals surface area contributed by atoms with E-state index < -0.39 is 0 Å². The van der Waals surface area contributed by atoms with Crippen molar-refractivity contribution in [2.24, 2.45) is 5.92 Å². The Morgan fingerprint density at radius 1 is 1.09 bits per heavy atom. The molecular formula is C13H19N5O3S.